The third-order valence-corrected chi connectivity index (χ3v) is 8.64. The van der Waals surface area contributed by atoms with Crippen molar-refractivity contribution >= 4 is 51.8 Å². The highest BCUT2D eigenvalue weighted by molar-refractivity contribution is 14.1. The van der Waals surface area contributed by atoms with Crippen LogP contribution in [0, 0.1) is 9.49 Å². The first-order chi connectivity index (χ1) is 19.1. The average molecular weight is 647 g/mol. The van der Waals surface area contributed by atoms with Gasteiger partial charge in [0.25, 0.3) is 0 Å². The summed E-state index contributed by atoms with van der Waals surface area (Å²) in [6.45, 7) is 0.366. The number of halogens is 2. The fraction of sp³-hybridized carbons (Fsp3) is 0.182. The summed E-state index contributed by atoms with van der Waals surface area (Å²) in [6.07, 6.45) is 7.66. The van der Waals surface area contributed by atoms with E-state index in [4.69, 9.17) is 26.1 Å². The Morgan fingerprint density at radius 3 is 2.64 bits per heavy atom. The highest BCUT2D eigenvalue weighted by Crippen LogP contribution is 2.49. The van der Waals surface area contributed by atoms with Gasteiger partial charge in [0.1, 0.15) is 6.61 Å². The number of nitrogens with one attached hydrogen (secondary N) is 1. The Balaban J connectivity index is 1.17. The third kappa shape index (κ3) is 5.43. The highest BCUT2D eigenvalue weighted by atomic mass is 127. The van der Waals surface area contributed by atoms with Gasteiger partial charge in [-0.15, -0.1) is 0 Å². The van der Waals surface area contributed by atoms with Crippen LogP contribution in [-0.2, 0) is 6.61 Å². The van der Waals surface area contributed by atoms with Crippen LogP contribution in [-0.4, -0.2) is 13.3 Å². The van der Waals surface area contributed by atoms with Crippen LogP contribution >= 0.6 is 34.2 Å². The molecule has 0 saturated carbocycles. The van der Waals surface area contributed by atoms with Crippen LogP contribution in [0.3, 0.4) is 0 Å². The Bertz CT molecular complexity index is 1550. The van der Waals surface area contributed by atoms with Gasteiger partial charge in [0.15, 0.2) is 11.5 Å². The highest BCUT2D eigenvalue weighted by Gasteiger charge is 2.37. The van der Waals surface area contributed by atoms with E-state index in [1.165, 1.54) is 16.8 Å². The summed E-state index contributed by atoms with van der Waals surface area (Å²) >= 11 is 8.56. The van der Waals surface area contributed by atoms with Gasteiger partial charge in [-0.3, -0.25) is 4.99 Å². The van der Waals surface area contributed by atoms with Gasteiger partial charge in [-0.25, -0.2) is 0 Å². The second-order valence-corrected chi connectivity index (χ2v) is 11.4. The molecule has 4 nitrogen and oxygen atoms in total. The molecule has 2 aliphatic rings. The van der Waals surface area contributed by atoms with Crippen LogP contribution in [0.4, 0.5) is 11.4 Å². The first-order valence-corrected chi connectivity index (χ1v) is 14.5. The van der Waals surface area contributed by atoms with Crippen LogP contribution in [0.5, 0.6) is 11.5 Å². The molecule has 1 N–H and O–H groups in total. The molecular weight excluding hydrogens is 619 g/mol. The predicted octanol–water partition coefficient (Wildman–Crippen LogP) is 9.11. The lowest BCUT2D eigenvalue weighted by atomic mass is 9.77. The molecule has 0 unspecified atom stereocenters. The molecule has 0 amide bonds. The Morgan fingerprint density at radius 1 is 1.03 bits per heavy atom. The Morgan fingerprint density at radius 2 is 1.82 bits per heavy atom. The van der Waals surface area contributed by atoms with Crippen LogP contribution in [0.1, 0.15) is 40.6 Å². The van der Waals surface area contributed by atoms with Crippen LogP contribution in [0.2, 0.25) is 5.02 Å². The summed E-state index contributed by atoms with van der Waals surface area (Å²) in [5.41, 5.74) is 6.70. The topological polar surface area (TPSA) is 42.8 Å². The molecular formula is C33H28ClIN2O2. The van der Waals surface area contributed by atoms with Crippen molar-refractivity contribution in [1.82, 2.24) is 0 Å². The Labute approximate surface area is 247 Å². The first kappa shape index (κ1) is 26.0. The Hall–Kier alpha value is -3.29. The maximum absolute atomic E-state index is 6.29. The number of rotatable bonds is 7. The van der Waals surface area contributed by atoms with E-state index in [2.05, 4.69) is 88.6 Å². The molecule has 6 heteroatoms. The number of methoxy groups -OCH3 is 1. The molecule has 196 valence electrons. The molecule has 4 aromatic rings. The van der Waals surface area contributed by atoms with Crippen molar-refractivity contribution in [2.75, 3.05) is 12.4 Å². The van der Waals surface area contributed by atoms with Crippen molar-refractivity contribution < 1.29 is 9.47 Å². The van der Waals surface area contributed by atoms with E-state index in [9.17, 15) is 0 Å². The fourth-order valence-electron chi connectivity index (χ4n) is 5.51. The minimum Gasteiger partial charge on any atom is -0.493 e. The summed E-state index contributed by atoms with van der Waals surface area (Å²) in [4.78, 5) is 4.74. The van der Waals surface area contributed by atoms with E-state index in [1.54, 1.807) is 7.11 Å². The lowest BCUT2D eigenvalue weighted by Crippen LogP contribution is -2.28. The maximum Gasteiger partial charge on any atom is 0.174 e. The molecule has 0 saturated heterocycles. The minimum absolute atomic E-state index is 0.280. The maximum atomic E-state index is 6.29. The summed E-state index contributed by atoms with van der Waals surface area (Å²) in [5.74, 6) is 2.36. The standard InChI is InChI=1S/C33H28ClIN2O2/c1-38-31-18-21(17-29(35)33(31)39-20-23-7-2-4-11-28(23)34)19-36-24-15-13-22(14-16-24)32-27-10-6-9-25(27)26-8-3-5-12-30(26)37-32/h2-9,11-19,25,27,32,37H,10,20H2,1H3/t25-,27+,32+/m1/s1. The zero-order valence-electron chi connectivity index (χ0n) is 21.5. The van der Waals surface area contributed by atoms with Crippen molar-refractivity contribution in [1.29, 1.82) is 0 Å². The number of anilines is 1. The predicted molar refractivity (Wildman–Crippen MR) is 168 cm³/mol. The molecule has 0 bridgehead atoms. The van der Waals surface area contributed by atoms with Crippen molar-refractivity contribution in [3.05, 3.63) is 128 Å². The number of para-hydroxylation sites is 1. The monoisotopic (exact) mass is 646 g/mol. The zero-order valence-corrected chi connectivity index (χ0v) is 24.4. The van der Waals surface area contributed by atoms with E-state index in [0.717, 1.165) is 26.8 Å². The van der Waals surface area contributed by atoms with Crippen molar-refractivity contribution in [2.45, 2.75) is 25.0 Å². The lowest BCUT2D eigenvalue weighted by Gasteiger charge is -2.37. The number of nitrogens with zero attached hydrogens (tertiary/aromatic N) is 1. The number of hydrogen-bond donors (Lipinski definition) is 1. The number of allylic oxidation sites excluding steroid dienone is 2. The summed E-state index contributed by atoms with van der Waals surface area (Å²) in [6, 6.07) is 29.2. The van der Waals surface area contributed by atoms with Gasteiger partial charge in [0.05, 0.1) is 22.4 Å². The smallest absolute Gasteiger partial charge is 0.174 e. The fourth-order valence-corrected chi connectivity index (χ4v) is 6.48. The third-order valence-electron chi connectivity index (χ3n) is 7.47. The number of ether oxygens (including phenoxy) is 2. The first-order valence-electron chi connectivity index (χ1n) is 13.0. The lowest BCUT2D eigenvalue weighted by molar-refractivity contribution is 0.282. The molecule has 3 atom stereocenters. The SMILES string of the molecule is COc1cc(C=Nc2ccc([C@@H]3Nc4ccccc4[C@H]4C=CC[C@@H]43)cc2)cc(I)c1OCc1ccccc1Cl. The molecule has 4 aromatic carbocycles. The quantitative estimate of drug-likeness (QED) is 0.124. The number of hydrogen-bond acceptors (Lipinski definition) is 4. The van der Waals surface area contributed by atoms with Gasteiger partial charge in [-0.05, 0) is 88.0 Å². The largest absolute Gasteiger partial charge is 0.493 e. The van der Waals surface area contributed by atoms with E-state index >= 15 is 0 Å². The molecule has 1 aliphatic heterocycles. The van der Waals surface area contributed by atoms with Crippen LogP contribution in [0.25, 0.3) is 0 Å². The van der Waals surface area contributed by atoms with Gasteiger partial charge < -0.3 is 14.8 Å². The van der Waals surface area contributed by atoms with E-state index in [0.29, 0.717) is 35.0 Å². The van der Waals surface area contributed by atoms with Crippen molar-refractivity contribution in [2.24, 2.45) is 10.9 Å². The molecule has 1 heterocycles. The van der Waals surface area contributed by atoms with E-state index in [-0.39, 0.29) is 6.04 Å². The zero-order chi connectivity index (χ0) is 26.8. The normalized spacial score (nSPS) is 19.4. The number of fused-ring (bicyclic) bond motifs is 3. The van der Waals surface area contributed by atoms with Gasteiger partial charge in [0, 0.05) is 28.4 Å². The number of aliphatic imine (C=N–C) groups is 1. The molecule has 0 spiro atoms. The summed E-state index contributed by atoms with van der Waals surface area (Å²) < 4.78 is 12.7. The molecule has 0 fully saturated rings. The molecule has 0 aromatic heterocycles. The molecule has 39 heavy (non-hydrogen) atoms. The van der Waals surface area contributed by atoms with Crippen LogP contribution < -0.4 is 14.8 Å². The van der Waals surface area contributed by atoms with Gasteiger partial charge >= 0.3 is 0 Å². The molecule has 0 radical (unpaired) electrons. The second-order valence-electron chi connectivity index (χ2n) is 9.83. The molecule has 6 rings (SSSR count). The van der Waals surface area contributed by atoms with Gasteiger partial charge in [0.2, 0.25) is 0 Å². The van der Waals surface area contributed by atoms with Crippen molar-refractivity contribution in [3.8, 4) is 11.5 Å². The van der Waals surface area contributed by atoms with Gasteiger partial charge in [-0.1, -0.05) is 72.3 Å². The number of benzene rings is 4. The van der Waals surface area contributed by atoms with Crippen LogP contribution in [0.15, 0.2) is 102 Å². The Kier molecular flexibility index (Phi) is 7.62. The molecule has 1 aliphatic carbocycles. The second kappa shape index (κ2) is 11.4. The minimum atomic E-state index is 0.280. The summed E-state index contributed by atoms with van der Waals surface area (Å²) in [5, 5.41) is 4.48. The van der Waals surface area contributed by atoms with Crippen molar-refractivity contribution in [3.63, 3.8) is 0 Å². The van der Waals surface area contributed by atoms with E-state index in [1.807, 2.05) is 42.6 Å². The van der Waals surface area contributed by atoms with E-state index < -0.39 is 0 Å². The summed E-state index contributed by atoms with van der Waals surface area (Å²) in [7, 11) is 1.65. The average Bonchev–Trinajstić information content (AvgIpc) is 3.46. The van der Waals surface area contributed by atoms with Gasteiger partial charge in [-0.2, -0.15) is 0 Å².